The van der Waals surface area contributed by atoms with Crippen LogP contribution in [0, 0.1) is 0 Å². The monoisotopic (exact) mass is 264 g/mol. The molecule has 0 aromatic heterocycles. The number of esters is 1. The van der Waals surface area contributed by atoms with Gasteiger partial charge in [-0.3, -0.25) is 9.59 Å². The standard InChI is InChI=1S/C13H16N2O4/c1-3-19-12(17)8-14-13(18)15-11-6-4-5-10(7-11)9(2)16/h4-7H,3,8H2,1-2H3,(H2,14,15,18). The topological polar surface area (TPSA) is 84.5 Å². The molecular formula is C13H16N2O4. The Morgan fingerprint density at radius 2 is 2.00 bits per heavy atom. The first-order valence-electron chi connectivity index (χ1n) is 5.84. The second-order valence-corrected chi connectivity index (χ2v) is 3.75. The van der Waals surface area contributed by atoms with Gasteiger partial charge in [0, 0.05) is 11.3 Å². The minimum Gasteiger partial charge on any atom is -0.465 e. The summed E-state index contributed by atoms with van der Waals surface area (Å²) < 4.78 is 4.67. The Balaban J connectivity index is 2.50. The number of hydrogen-bond donors (Lipinski definition) is 2. The minimum absolute atomic E-state index is 0.0874. The van der Waals surface area contributed by atoms with Crippen molar-refractivity contribution in [2.45, 2.75) is 13.8 Å². The Hall–Kier alpha value is -2.37. The fourth-order valence-corrected chi connectivity index (χ4v) is 1.36. The predicted octanol–water partition coefficient (Wildman–Crippen LogP) is 1.57. The summed E-state index contributed by atoms with van der Waals surface area (Å²) in [5.41, 5.74) is 0.984. The molecule has 0 unspecified atom stereocenters. The van der Waals surface area contributed by atoms with Crippen molar-refractivity contribution < 1.29 is 19.1 Å². The van der Waals surface area contributed by atoms with E-state index in [0.29, 0.717) is 11.3 Å². The van der Waals surface area contributed by atoms with Crippen molar-refractivity contribution in [1.29, 1.82) is 0 Å². The summed E-state index contributed by atoms with van der Waals surface area (Å²) in [6.07, 6.45) is 0. The fourth-order valence-electron chi connectivity index (χ4n) is 1.36. The Morgan fingerprint density at radius 3 is 2.63 bits per heavy atom. The Kier molecular flexibility index (Phi) is 5.53. The first kappa shape index (κ1) is 14.7. The van der Waals surface area contributed by atoms with Crippen molar-refractivity contribution in [3.63, 3.8) is 0 Å². The van der Waals surface area contributed by atoms with Crippen molar-refractivity contribution in [1.82, 2.24) is 5.32 Å². The summed E-state index contributed by atoms with van der Waals surface area (Å²) in [4.78, 5) is 33.7. The number of carbonyl (C=O) groups excluding carboxylic acids is 3. The number of rotatable bonds is 5. The third-order valence-electron chi connectivity index (χ3n) is 2.23. The number of ether oxygens (including phenoxy) is 1. The van der Waals surface area contributed by atoms with E-state index in [0.717, 1.165) is 0 Å². The van der Waals surface area contributed by atoms with Crippen molar-refractivity contribution in [3.05, 3.63) is 29.8 Å². The molecule has 0 heterocycles. The summed E-state index contributed by atoms with van der Waals surface area (Å²) in [5, 5.41) is 4.88. The van der Waals surface area contributed by atoms with Crippen LogP contribution in [0.4, 0.5) is 10.5 Å². The molecule has 0 spiro atoms. The molecule has 1 aromatic rings. The second-order valence-electron chi connectivity index (χ2n) is 3.75. The van der Waals surface area contributed by atoms with Crippen molar-refractivity contribution in [2.75, 3.05) is 18.5 Å². The molecule has 2 amide bonds. The Labute approximate surface area is 111 Å². The van der Waals surface area contributed by atoms with Crippen molar-refractivity contribution in [2.24, 2.45) is 0 Å². The van der Waals surface area contributed by atoms with Gasteiger partial charge >= 0.3 is 12.0 Å². The van der Waals surface area contributed by atoms with Crippen LogP contribution in [0.3, 0.4) is 0 Å². The molecule has 0 fully saturated rings. The summed E-state index contributed by atoms with van der Waals surface area (Å²) in [7, 11) is 0. The molecule has 0 saturated heterocycles. The van der Waals surface area contributed by atoms with Gasteiger partial charge in [0.25, 0.3) is 0 Å². The maximum Gasteiger partial charge on any atom is 0.325 e. The number of anilines is 1. The lowest BCUT2D eigenvalue weighted by Crippen LogP contribution is -2.34. The van der Waals surface area contributed by atoms with E-state index in [1.807, 2.05) is 0 Å². The molecule has 0 aliphatic carbocycles. The molecule has 0 aliphatic heterocycles. The van der Waals surface area contributed by atoms with Gasteiger partial charge in [-0.1, -0.05) is 12.1 Å². The zero-order valence-electron chi connectivity index (χ0n) is 10.9. The van der Waals surface area contributed by atoms with E-state index in [4.69, 9.17) is 0 Å². The number of carbonyl (C=O) groups is 3. The van der Waals surface area contributed by atoms with Crippen LogP contribution in [0.2, 0.25) is 0 Å². The van der Waals surface area contributed by atoms with Crippen molar-refractivity contribution in [3.8, 4) is 0 Å². The van der Waals surface area contributed by atoms with Crippen LogP contribution in [0.5, 0.6) is 0 Å². The molecule has 0 radical (unpaired) electrons. The van der Waals surface area contributed by atoms with Gasteiger partial charge in [0.2, 0.25) is 0 Å². The summed E-state index contributed by atoms with van der Waals surface area (Å²) >= 11 is 0. The van der Waals surface area contributed by atoms with Crippen LogP contribution in [0.15, 0.2) is 24.3 Å². The van der Waals surface area contributed by atoms with Crippen LogP contribution < -0.4 is 10.6 Å². The van der Waals surface area contributed by atoms with E-state index in [2.05, 4.69) is 15.4 Å². The van der Waals surface area contributed by atoms with Gasteiger partial charge in [0.15, 0.2) is 5.78 Å². The molecule has 0 bridgehead atoms. The van der Waals surface area contributed by atoms with Gasteiger partial charge in [-0.05, 0) is 26.0 Å². The number of ketones is 1. The number of benzene rings is 1. The van der Waals surface area contributed by atoms with E-state index in [1.165, 1.54) is 6.92 Å². The minimum atomic E-state index is -0.534. The highest BCUT2D eigenvalue weighted by Crippen LogP contribution is 2.10. The van der Waals surface area contributed by atoms with E-state index in [-0.39, 0.29) is 18.9 Å². The number of urea groups is 1. The second kappa shape index (κ2) is 7.15. The molecule has 19 heavy (non-hydrogen) atoms. The van der Waals surface area contributed by atoms with Crippen LogP contribution in [0.25, 0.3) is 0 Å². The Bertz CT molecular complexity index is 485. The van der Waals surface area contributed by atoms with Crippen LogP contribution in [0.1, 0.15) is 24.2 Å². The van der Waals surface area contributed by atoms with Crippen LogP contribution in [-0.2, 0) is 9.53 Å². The normalized spacial score (nSPS) is 9.58. The van der Waals surface area contributed by atoms with E-state index < -0.39 is 12.0 Å². The first-order chi connectivity index (χ1) is 9.02. The summed E-state index contributed by atoms with van der Waals surface area (Å²) in [6, 6.07) is 6.00. The van der Waals surface area contributed by atoms with Gasteiger partial charge in [-0.15, -0.1) is 0 Å². The highest BCUT2D eigenvalue weighted by atomic mass is 16.5. The smallest absolute Gasteiger partial charge is 0.325 e. The molecule has 0 saturated carbocycles. The van der Waals surface area contributed by atoms with E-state index in [1.54, 1.807) is 31.2 Å². The third kappa shape index (κ3) is 5.20. The van der Waals surface area contributed by atoms with Gasteiger partial charge in [0.05, 0.1) is 6.61 Å². The molecule has 102 valence electrons. The van der Waals surface area contributed by atoms with Gasteiger partial charge in [-0.25, -0.2) is 4.79 Å². The molecule has 1 aromatic carbocycles. The largest absolute Gasteiger partial charge is 0.465 e. The summed E-state index contributed by atoms with van der Waals surface area (Å²) in [5.74, 6) is -0.592. The molecule has 6 heteroatoms. The van der Waals surface area contributed by atoms with E-state index >= 15 is 0 Å². The van der Waals surface area contributed by atoms with Gasteiger partial charge in [-0.2, -0.15) is 0 Å². The lowest BCUT2D eigenvalue weighted by molar-refractivity contribution is -0.141. The zero-order valence-corrected chi connectivity index (χ0v) is 10.9. The lowest BCUT2D eigenvalue weighted by atomic mass is 10.1. The van der Waals surface area contributed by atoms with Gasteiger partial charge in [0.1, 0.15) is 6.54 Å². The maximum absolute atomic E-state index is 11.5. The fraction of sp³-hybridized carbons (Fsp3) is 0.308. The highest BCUT2D eigenvalue weighted by molar-refractivity contribution is 5.97. The average Bonchev–Trinajstić information content (AvgIpc) is 2.37. The van der Waals surface area contributed by atoms with E-state index in [9.17, 15) is 14.4 Å². The van der Waals surface area contributed by atoms with Crippen LogP contribution in [-0.4, -0.2) is 30.9 Å². The predicted molar refractivity (Wildman–Crippen MR) is 70.1 cm³/mol. The molecule has 6 nitrogen and oxygen atoms in total. The SMILES string of the molecule is CCOC(=O)CNC(=O)Nc1cccc(C(C)=O)c1. The number of nitrogens with one attached hydrogen (secondary N) is 2. The van der Waals surface area contributed by atoms with Crippen molar-refractivity contribution >= 4 is 23.5 Å². The Morgan fingerprint density at radius 1 is 1.26 bits per heavy atom. The molecule has 1 rings (SSSR count). The average molecular weight is 264 g/mol. The quantitative estimate of drug-likeness (QED) is 0.624. The highest BCUT2D eigenvalue weighted by Gasteiger charge is 2.07. The summed E-state index contributed by atoms with van der Waals surface area (Å²) in [6.45, 7) is 3.19. The maximum atomic E-state index is 11.5. The number of Topliss-reactive ketones (excluding diaryl/α,β-unsaturated/α-hetero) is 1. The third-order valence-corrected chi connectivity index (χ3v) is 2.23. The molecular weight excluding hydrogens is 248 g/mol. The van der Waals surface area contributed by atoms with Crippen LogP contribution >= 0.6 is 0 Å². The molecule has 0 atom stereocenters. The number of amides is 2. The molecule has 0 aliphatic rings. The van der Waals surface area contributed by atoms with Gasteiger partial charge < -0.3 is 15.4 Å². The molecule has 2 N–H and O–H groups in total. The zero-order chi connectivity index (χ0) is 14.3. The lowest BCUT2D eigenvalue weighted by Gasteiger charge is -2.08. The number of hydrogen-bond acceptors (Lipinski definition) is 4. The first-order valence-corrected chi connectivity index (χ1v) is 5.84.